The van der Waals surface area contributed by atoms with Crippen molar-refractivity contribution in [3.63, 3.8) is 0 Å². The van der Waals surface area contributed by atoms with Crippen molar-refractivity contribution in [2.75, 3.05) is 18.7 Å². The van der Waals surface area contributed by atoms with Crippen molar-refractivity contribution in [1.29, 1.82) is 0 Å². The van der Waals surface area contributed by atoms with E-state index in [1.165, 1.54) is 0 Å². The van der Waals surface area contributed by atoms with Crippen LogP contribution in [-0.2, 0) is 26.7 Å². The van der Waals surface area contributed by atoms with Crippen LogP contribution in [0.1, 0.15) is 25.5 Å². The largest absolute Gasteiger partial charge is 0.454 e. The molecule has 1 aliphatic heterocycles. The van der Waals surface area contributed by atoms with Crippen LogP contribution < -0.4 is 19.5 Å². The molecule has 2 aromatic carbocycles. The lowest BCUT2D eigenvalue weighted by Crippen LogP contribution is -2.28. The number of carbonyl (C=O) groups excluding carboxylic acids is 1. The first-order valence-electron chi connectivity index (χ1n) is 12.6. The Kier molecular flexibility index (Phi) is 6.49. The molecule has 0 radical (unpaired) electrons. The maximum absolute atomic E-state index is 13.3. The van der Waals surface area contributed by atoms with Crippen LogP contribution in [0.3, 0.4) is 0 Å². The number of hydrogen-bond donors (Lipinski definition) is 2. The minimum Gasteiger partial charge on any atom is -0.454 e. The van der Waals surface area contributed by atoms with Crippen LogP contribution in [0.4, 0.5) is 5.82 Å². The summed E-state index contributed by atoms with van der Waals surface area (Å²) in [5.74, 6) is 1.64. The molecule has 3 heterocycles. The first-order chi connectivity index (χ1) is 18.9. The molecule has 1 saturated carbocycles. The molecule has 2 aromatic heterocycles. The monoisotopic (exact) mass is 544 g/mol. The van der Waals surface area contributed by atoms with Crippen molar-refractivity contribution in [1.82, 2.24) is 14.7 Å². The Balaban J connectivity index is 0.00000323. The van der Waals surface area contributed by atoms with Gasteiger partial charge >= 0.3 is 0 Å². The van der Waals surface area contributed by atoms with Crippen LogP contribution in [-0.4, -0.2) is 37.6 Å². The van der Waals surface area contributed by atoms with E-state index in [2.05, 4.69) is 20.0 Å². The molecule has 200 valence electrons. The van der Waals surface area contributed by atoms with E-state index >= 15 is 0 Å². The normalized spacial score (nSPS) is 15.1. The van der Waals surface area contributed by atoms with Gasteiger partial charge in [0.1, 0.15) is 5.82 Å². The summed E-state index contributed by atoms with van der Waals surface area (Å²) in [7, 11) is -3.67. The van der Waals surface area contributed by atoms with Gasteiger partial charge in [-0.05, 0) is 66.9 Å². The van der Waals surface area contributed by atoms with E-state index in [0.717, 1.165) is 29.7 Å². The number of pyridine rings is 2. The van der Waals surface area contributed by atoms with E-state index in [1.807, 2.05) is 48.5 Å². The maximum Gasteiger partial charge on any atom is 0.240 e. The van der Waals surface area contributed by atoms with E-state index in [4.69, 9.17) is 9.47 Å². The third kappa shape index (κ3) is 5.21. The van der Waals surface area contributed by atoms with Gasteiger partial charge in [0, 0.05) is 31.8 Å². The summed E-state index contributed by atoms with van der Waals surface area (Å²) in [5.41, 5.74) is 2.45. The quantitative estimate of drug-likeness (QED) is 0.322. The SMILES string of the molecule is O=C(Nc1cccc(-c2ccc(S(=O)(=O)NCCc3ccccn3)cc2)n1)C1(c2ccc3c(c2)OCO3)CC1.[HH]. The molecule has 2 aliphatic rings. The minimum atomic E-state index is -3.67. The van der Waals surface area contributed by atoms with Crippen LogP contribution in [0.2, 0.25) is 0 Å². The second kappa shape index (κ2) is 10.1. The van der Waals surface area contributed by atoms with E-state index in [9.17, 15) is 13.2 Å². The number of ether oxygens (including phenoxy) is 2. The molecule has 0 saturated heterocycles. The third-order valence-corrected chi connectivity index (χ3v) is 8.44. The van der Waals surface area contributed by atoms with E-state index < -0.39 is 15.4 Å². The molecule has 2 N–H and O–H groups in total. The van der Waals surface area contributed by atoms with E-state index in [0.29, 0.717) is 29.4 Å². The van der Waals surface area contributed by atoms with Gasteiger partial charge in [0.2, 0.25) is 22.7 Å². The lowest BCUT2D eigenvalue weighted by molar-refractivity contribution is -0.118. The van der Waals surface area contributed by atoms with Crippen molar-refractivity contribution in [3.8, 4) is 22.8 Å². The summed E-state index contributed by atoms with van der Waals surface area (Å²) in [6.45, 7) is 0.433. The average molecular weight is 545 g/mol. The fourth-order valence-corrected chi connectivity index (χ4v) is 5.65. The van der Waals surface area contributed by atoms with E-state index in [1.54, 1.807) is 36.5 Å². The van der Waals surface area contributed by atoms with Gasteiger partial charge in [0.15, 0.2) is 11.5 Å². The Morgan fingerprint density at radius 1 is 0.949 bits per heavy atom. The molecule has 1 amide bonds. The van der Waals surface area contributed by atoms with Gasteiger partial charge in [-0.3, -0.25) is 9.78 Å². The fraction of sp³-hybridized carbons (Fsp3) is 0.207. The van der Waals surface area contributed by atoms with Gasteiger partial charge in [-0.1, -0.05) is 30.3 Å². The average Bonchev–Trinajstić information content (AvgIpc) is 3.64. The van der Waals surface area contributed by atoms with Crippen LogP contribution in [0.15, 0.2) is 90.0 Å². The van der Waals surface area contributed by atoms with Crippen molar-refractivity contribution < 1.29 is 24.1 Å². The Morgan fingerprint density at radius 3 is 2.54 bits per heavy atom. The smallest absolute Gasteiger partial charge is 0.240 e. The Morgan fingerprint density at radius 2 is 1.77 bits per heavy atom. The lowest BCUT2D eigenvalue weighted by Gasteiger charge is -2.16. The van der Waals surface area contributed by atoms with Gasteiger partial charge in [0.25, 0.3) is 0 Å². The molecule has 10 heteroatoms. The van der Waals surface area contributed by atoms with E-state index in [-0.39, 0.29) is 25.6 Å². The van der Waals surface area contributed by atoms with Crippen molar-refractivity contribution in [2.45, 2.75) is 29.6 Å². The maximum atomic E-state index is 13.3. The summed E-state index contributed by atoms with van der Waals surface area (Å²) in [5, 5.41) is 2.96. The zero-order valence-corrected chi connectivity index (χ0v) is 21.8. The highest BCUT2D eigenvalue weighted by molar-refractivity contribution is 7.89. The highest BCUT2D eigenvalue weighted by atomic mass is 32.2. The summed E-state index contributed by atoms with van der Waals surface area (Å²) >= 11 is 0. The van der Waals surface area contributed by atoms with Crippen LogP contribution in [0, 0.1) is 0 Å². The highest BCUT2D eigenvalue weighted by Gasteiger charge is 2.51. The summed E-state index contributed by atoms with van der Waals surface area (Å²) < 4.78 is 38.9. The second-order valence-electron chi connectivity index (χ2n) is 9.51. The van der Waals surface area contributed by atoms with Crippen molar-refractivity contribution >= 4 is 21.7 Å². The number of benzene rings is 2. The van der Waals surface area contributed by atoms with Gasteiger partial charge in [-0.25, -0.2) is 18.1 Å². The third-order valence-electron chi connectivity index (χ3n) is 6.96. The zero-order chi connectivity index (χ0) is 26.9. The molecule has 4 aromatic rings. The van der Waals surface area contributed by atoms with Crippen LogP contribution in [0.5, 0.6) is 11.5 Å². The number of carbonyl (C=O) groups is 1. The molecule has 1 fully saturated rings. The predicted octanol–water partition coefficient (Wildman–Crippen LogP) is 4.31. The first kappa shape index (κ1) is 25.0. The standard InChI is InChI=1S/C29H26N4O5S.H2/c34-28(29(14-15-29)21-9-12-25-26(18-21)38-19-37-25)33-27-6-3-5-24(32-27)20-7-10-23(11-8-20)39(35,36)31-17-13-22-4-1-2-16-30-22;/h1-12,16,18,31H,13-15,17,19H2,(H,32,33,34);1H. The number of anilines is 1. The molecule has 0 spiro atoms. The predicted molar refractivity (Wildman–Crippen MR) is 147 cm³/mol. The number of hydrogen-bond acceptors (Lipinski definition) is 7. The zero-order valence-electron chi connectivity index (χ0n) is 21.0. The Bertz CT molecular complexity index is 1630. The molecule has 6 rings (SSSR count). The fourth-order valence-electron chi connectivity index (χ4n) is 4.61. The summed E-state index contributed by atoms with van der Waals surface area (Å²) in [6, 6.07) is 23.0. The Hall–Kier alpha value is -4.28. The number of aromatic nitrogens is 2. The summed E-state index contributed by atoms with van der Waals surface area (Å²) in [6.07, 6.45) is 3.66. The number of rotatable bonds is 9. The molecule has 0 unspecified atom stereocenters. The minimum absolute atomic E-state index is 0. The molecule has 1 aliphatic carbocycles. The topological polar surface area (TPSA) is 120 Å². The number of nitrogens with one attached hydrogen (secondary N) is 2. The first-order valence-corrected chi connectivity index (χ1v) is 14.1. The van der Waals surface area contributed by atoms with Gasteiger partial charge in [-0.15, -0.1) is 0 Å². The molecular formula is C29H28N4O5S. The molecule has 0 bridgehead atoms. The highest BCUT2D eigenvalue weighted by Crippen LogP contribution is 2.51. The number of sulfonamides is 1. The molecule has 39 heavy (non-hydrogen) atoms. The number of amides is 1. The van der Waals surface area contributed by atoms with Crippen molar-refractivity contribution in [3.05, 3.63) is 96.3 Å². The van der Waals surface area contributed by atoms with Crippen molar-refractivity contribution in [2.24, 2.45) is 0 Å². The lowest BCUT2D eigenvalue weighted by atomic mass is 9.94. The van der Waals surface area contributed by atoms with Crippen LogP contribution in [0.25, 0.3) is 11.3 Å². The van der Waals surface area contributed by atoms with Gasteiger partial charge in [0.05, 0.1) is 16.0 Å². The second-order valence-corrected chi connectivity index (χ2v) is 11.3. The number of nitrogens with zero attached hydrogens (tertiary/aromatic N) is 2. The number of fused-ring (bicyclic) bond motifs is 1. The molecule has 0 atom stereocenters. The van der Waals surface area contributed by atoms with Gasteiger partial charge in [-0.2, -0.15) is 0 Å². The Labute approximate surface area is 227 Å². The molecule has 9 nitrogen and oxygen atoms in total. The molecular weight excluding hydrogens is 516 g/mol. The summed E-state index contributed by atoms with van der Waals surface area (Å²) in [4.78, 5) is 22.2. The van der Waals surface area contributed by atoms with Gasteiger partial charge < -0.3 is 14.8 Å². The van der Waals surface area contributed by atoms with Crippen LogP contribution >= 0.6 is 0 Å².